The van der Waals surface area contributed by atoms with Crippen molar-refractivity contribution >= 4 is 11.6 Å². The number of nitrogens with zero attached hydrogens (tertiary/aromatic N) is 2. The lowest BCUT2D eigenvalue weighted by molar-refractivity contribution is -0.137. The number of benzene rings is 1. The number of pyridine rings is 1. The second-order valence-electron chi connectivity index (χ2n) is 8.43. The molecule has 1 amide bonds. The minimum absolute atomic E-state index is 0.0689. The average Bonchev–Trinajstić information content (AvgIpc) is 3.15. The van der Waals surface area contributed by atoms with Crippen LogP contribution in [0.4, 0.5) is 18.9 Å². The van der Waals surface area contributed by atoms with Crippen molar-refractivity contribution in [3.8, 4) is 0 Å². The van der Waals surface area contributed by atoms with E-state index < -0.39 is 11.7 Å². The molecule has 0 saturated carbocycles. The maximum Gasteiger partial charge on any atom is 0.417 e. The Morgan fingerprint density at radius 3 is 2.53 bits per heavy atom. The van der Waals surface area contributed by atoms with Gasteiger partial charge >= 0.3 is 6.18 Å². The summed E-state index contributed by atoms with van der Waals surface area (Å²) >= 11 is 0. The number of hydrogen-bond acceptors (Lipinski definition) is 3. The molecule has 0 spiro atoms. The molecule has 0 bridgehead atoms. The predicted molar refractivity (Wildman–Crippen MR) is 111 cm³/mol. The van der Waals surface area contributed by atoms with Crippen LogP contribution in [0.15, 0.2) is 42.7 Å². The van der Waals surface area contributed by atoms with Gasteiger partial charge in [-0.05, 0) is 42.9 Å². The van der Waals surface area contributed by atoms with Gasteiger partial charge in [-0.25, -0.2) is 0 Å². The Bertz CT molecular complexity index is 865. The normalized spacial score (nSPS) is 18.0. The highest BCUT2D eigenvalue weighted by Crippen LogP contribution is 2.31. The van der Waals surface area contributed by atoms with Gasteiger partial charge in [0, 0.05) is 25.3 Å². The van der Waals surface area contributed by atoms with Crippen LogP contribution in [0.5, 0.6) is 0 Å². The van der Waals surface area contributed by atoms with E-state index in [1.165, 1.54) is 11.8 Å². The van der Waals surface area contributed by atoms with Gasteiger partial charge in [0.05, 0.1) is 23.4 Å². The smallest absolute Gasteiger partial charge is 0.368 e. The largest absolute Gasteiger partial charge is 0.417 e. The molecule has 30 heavy (non-hydrogen) atoms. The van der Waals surface area contributed by atoms with Gasteiger partial charge in [0.15, 0.2) is 0 Å². The summed E-state index contributed by atoms with van der Waals surface area (Å²) in [6, 6.07) is 9.14. The number of amides is 1. The number of carbonyl (C=O) groups is 1. The van der Waals surface area contributed by atoms with E-state index in [4.69, 9.17) is 0 Å². The van der Waals surface area contributed by atoms with E-state index in [1.54, 1.807) is 0 Å². The molecule has 1 fully saturated rings. The lowest BCUT2D eigenvalue weighted by atomic mass is 9.96. The van der Waals surface area contributed by atoms with Crippen molar-refractivity contribution in [3.63, 3.8) is 0 Å². The lowest BCUT2D eigenvalue weighted by Crippen LogP contribution is -2.39. The fourth-order valence-corrected chi connectivity index (χ4v) is 3.76. The first-order valence-electron chi connectivity index (χ1n) is 10.3. The molecule has 1 aromatic carbocycles. The highest BCUT2D eigenvalue weighted by atomic mass is 19.4. The van der Waals surface area contributed by atoms with Crippen LogP contribution in [0, 0.1) is 5.92 Å². The van der Waals surface area contributed by atoms with Crippen LogP contribution in [0.2, 0.25) is 0 Å². The van der Waals surface area contributed by atoms with Crippen LogP contribution in [0.3, 0.4) is 0 Å². The molecule has 7 heteroatoms. The molecular formula is C23H28F3N3O. The zero-order valence-corrected chi connectivity index (χ0v) is 17.5. The molecule has 1 aliphatic rings. The summed E-state index contributed by atoms with van der Waals surface area (Å²) in [7, 11) is 0. The van der Waals surface area contributed by atoms with Gasteiger partial charge < -0.3 is 10.2 Å². The molecule has 4 nitrogen and oxygen atoms in total. The SMILES string of the molecule is CC(C)Cc1ccc(C(C)C(=O)NC2CCN(c3cncc(C(F)(F)F)c3)C2)cc1. The third-order valence-electron chi connectivity index (χ3n) is 5.47. The quantitative estimate of drug-likeness (QED) is 0.732. The first kappa shape index (κ1) is 22.1. The van der Waals surface area contributed by atoms with Gasteiger partial charge in [0.25, 0.3) is 0 Å². The van der Waals surface area contributed by atoms with Crippen molar-refractivity contribution in [2.45, 2.75) is 51.7 Å². The molecule has 0 aliphatic carbocycles. The first-order valence-corrected chi connectivity index (χ1v) is 10.3. The van der Waals surface area contributed by atoms with Crippen LogP contribution in [-0.4, -0.2) is 30.0 Å². The Balaban J connectivity index is 1.58. The number of rotatable bonds is 6. The van der Waals surface area contributed by atoms with Crippen LogP contribution in [0.25, 0.3) is 0 Å². The molecule has 1 N–H and O–H groups in total. The standard InChI is InChI=1S/C23H28F3N3O/c1-15(2)10-17-4-6-18(7-5-17)16(3)22(30)28-20-8-9-29(14-20)21-11-19(12-27-13-21)23(24,25)26/h4-7,11-13,15-16,20H,8-10,14H2,1-3H3,(H,28,30). The molecule has 2 atom stereocenters. The number of alkyl halides is 3. The molecule has 1 aromatic heterocycles. The molecule has 2 aromatic rings. The van der Waals surface area contributed by atoms with E-state index in [1.807, 2.05) is 24.0 Å². The van der Waals surface area contributed by atoms with E-state index in [0.717, 1.165) is 24.2 Å². The van der Waals surface area contributed by atoms with Gasteiger partial charge in [-0.2, -0.15) is 13.2 Å². The van der Waals surface area contributed by atoms with E-state index in [0.29, 0.717) is 31.1 Å². The number of halogens is 3. The lowest BCUT2D eigenvalue weighted by Gasteiger charge is -2.21. The zero-order chi connectivity index (χ0) is 21.9. The minimum Gasteiger partial charge on any atom is -0.368 e. The number of carbonyl (C=O) groups excluding carboxylic acids is 1. The van der Waals surface area contributed by atoms with Crippen molar-refractivity contribution < 1.29 is 18.0 Å². The van der Waals surface area contributed by atoms with Gasteiger partial charge in [0.2, 0.25) is 5.91 Å². The predicted octanol–water partition coefficient (Wildman–Crippen LogP) is 4.80. The fraction of sp³-hybridized carbons (Fsp3) is 0.478. The maximum absolute atomic E-state index is 12.9. The van der Waals surface area contributed by atoms with Crippen molar-refractivity contribution in [2.24, 2.45) is 5.92 Å². The van der Waals surface area contributed by atoms with Crippen LogP contribution >= 0.6 is 0 Å². The number of anilines is 1. The Morgan fingerprint density at radius 2 is 1.90 bits per heavy atom. The number of hydrogen-bond donors (Lipinski definition) is 1. The summed E-state index contributed by atoms with van der Waals surface area (Å²) in [6.07, 6.45) is -0.477. The van der Waals surface area contributed by atoms with Crippen molar-refractivity contribution in [2.75, 3.05) is 18.0 Å². The van der Waals surface area contributed by atoms with E-state index in [-0.39, 0.29) is 17.9 Å². The van der Waals surface area contributed by atoms with Gasteiger partial charge in [-0.1, -0.05) is 38.1 Å². The number of aromatic nitrogens is 1. The Kier molecular flexibility index (Phi) is 6.68. The zero-order valence-electron chi connectivity index (χ0n) is 17.5. The Hall–Kier alpha value is -2.57. The minimum atomic E-state index is -4.42. The average molecular weight is 419 g/mol. The van der Waals surface area contributed by atoms with Gasteiger partial charge in [0.1, 0.15) is 0 Å². The Morgan fingerprint density at radius 1 is 1.20 bits per heavy atom. The number of nitrogens with one attached hydrogen (secondary N) is 1. The van der Waals surface area contributed by atoms with Crippen molar-refractivity contribution in [1.29, 1.82) is 0 Å². The van der Waals surface area contributed by atoms with E-state index in [9.17, 15) is 18.0 Å². The first-order chi connectivity index (χ1) is 14.1. The summed E-state index contributed by atoms with van der Waals surface area (Å²) < 4.78 is 38.8. The third kappa shape index (κ3) is 5.52. The summed E-state index contributed by atoms with van der Waals surface area (Å²) in [5.74, 6) is 0.219. The fourth-order valence-electron chi connectivity index (χ4n) is 3.76. The van der Waals surface area contributed by atoms with Crippen molar-refractivity contribution in [1.82, 2.24) is 10.3 Å². The molecule has 0 radical (unpaired) electrons. The summed E-state index contributed by atoms with van der Waals surface area (Å²) in [4.78, 5) is 18.3. The second kappa shape index (κ2) is 9.06. The third-order valence-corrected chi connectivity index (χ3v) is 5.47. The van der Waals surface area contributed by atoms with Gasteiger partial charge in [-0.15, -0.1) is 0 Å². The highest BCUT2D eigenvalue weighted by Gasteiger charge is 2.32. The highest BCUT2D eigenvalue weighted by molar-refractivity contribution is 5.83. The topological polar surface area (TPSA) is 45.2 Å². The molecule has 2 heterocycles. The molecule has 3 rings (SSSR count). The van der Waals surface area contributed by atoms with Gasteiger partial charge in [-0.3, -0.25) is 9.78 Å². The van der Waals surface area contributed by atoms with E-state index >= 15 is 0 Å². The monoisotopic (exact) mass is 419 g/mol. The molecular weight excluding hydrogens is 391 g/mol. The van der Waals surface area contributed by atoms with Crippen LogP contribution < -0.4 is 10.2 Å². The van der Waals surface area contributed by atoms with Crippen molar-refractivity contribution in [3.05, 3.63) is 59.4 Å². The summed E-state index contributed by atoms with van der Waals surface area (Å²) in [5.41, 5.74) is 1.87. The summed E-state index contributed by atoms with van der Waals surface area (Å²) in [5, 5.41) is 3.05. The molecule has 162 valence electrons. The van der Waals surface area contributed by atoms with Crippen LogP contribution in [0.1, 0.15) is 49.8 Å². The maximum atomic E-state index is 12.9. The molecule has 1 saturated heterocycles. The molecule has 2 unspecified atom stereocenters. The summed E-state index contributed by atoms with van der Waals surface area (Å²) in [6.45, 7) is 7.26. The molecule has 1 aliphatic heterocycles. The van der Waals surface area contributed by atoms with Crippen LogP contribution in [-0.2, 0) is 17.4 Å². The van der Waals surface area contributed by atoms with E-state index in [2.05, 4.69) is 36.3 Å². The second-order valence-corrected chi connectivity index (χ2v) is 8.43. The Labute approximate surface area is 175 Å².